The number of para-hydroxylation sites is 2. The van der Waals surface area contributed by atoms with E-state index in [0.717, 1.165) is 11.2 Å². The lowest BCUT2D eigenvalue weighted by molar-refractivity contribution is -0.118. The van der Waals surface area contributed by atoms with Gasteiger partial charge in [-0.1, -0.05) is 41.9 Å². The van der Waals surface area contributed by atoms with E-state index in [1.165, 1.54) is 0 Å². The average molecular weight is 583 g/mol. The Hall–Kier alpha value is -5.08. The highest BCUT2D eigenvalue weighted by atomic mass is 35.5. The molecular formula is C33H27ClN2O6. The summed E-state index contributed by atoms with van der Waals surface area (Å²) >= 11 is 5.88. The van der Waals surface area contributed by atoms with Crippen molar-refractivity contribution in [2.45, 2.75) is 13.8 Å². The van der Waals surface area contributed by atoms with Crippen LogP contribution in [0.4, 0.5) is 5.69 Å². The van der Waals surface area contributed by atoms with Gasteiger partial charge in [0.15, 0.2) is 6.61 Å². The van der Waals surface area contributed by atoms with Crippen LogP contribution in [0, 0.1) is 6.92 Å². The average Bonchev–Trinajstić information content (AvgIpc) is 3.28. The Labute approximate surface area is 247 Å². The fourth-order valence-electron chi connectivity index (χ4n) is 4.63. The Kier molecular flexibility index (Phi) is 8.55. The van der Waals surface area contributed by atoms with E-state index < -0.39 is 17.8 Å². The summed E-state index contributed by atoms with van der Waals surface area (Å²) in [5, 5.41) is 3.84. The van der Waals surface area contributed by atoms with E-state index in [4.69, 9.17) is 25.8 Å². The maximum atomic E-state index is 13.3. The highest BCUT2D eigenvalue weighted by Crippen LogP contribution is 2.33. The second kappa shape index (κ2) is 12.6. The molecule has 0 bridgehead atoms. The first-order valence-electron chi connectivity index (χ1n) is 13.2. The molecule has 8 nitrogen and oxygen atoms in total. The predicted molar refractivity (Wildman–Crippen MR) is 161 cm³/mol. The molecule has 0 aliphatic heterocycles. The number of hydrogen-bond acceptors (Lipinski definition) is 6. The zero-order chi connectivity index (χ0) is 29.6. The molecule has 5 rings (SSSR count). The van der Waals surface area contributed by atoms with Gasteiger partial charge >= 0.3 is 11.9 Å². The van der Waals surface area contributed by atoms with Crippen molar-refractivity contribution >= 4 is 46.0 Å². The van der Waals surface area contributed by atoms with Crippen LogP contribution in [0.3, 0.4) is 0 Å². The Morgan fingerprint density at radius 1 is 0.833 bits per heavy atom. The SMILES string of the molecule is CCOC(=O)c1c(C)n(-c2ccccc2)c2ccc(OC(=O)c3ccccc3NC(=O)COc3ccc(Cl)cc3)cc12. The summed E-state index contributed by atoms with van der Waals surface area (Å²) in [6.07, 6.45) is 0. The first-order chi connectivity index (χ1) is 20.4. The number of benzene rings is 4. The van der Waals surface area contributed by atoms with Crippen molar-refractivity contribution in [2.75, 3.05) is 18.5 Å². The Balaban J connectivity index is 1.39. The molecule has 0 saturated carbocycles. The lowest BCUT2D eigenvalue weighted by Crippen LogP contribution is -2.22. The van der Waals surface area contributed by atoms with E-state index in [1.807, 2.05) is 41.8 Å². The number of nitrogens with zero attached hydrogens (tertiary/aromatic N) is 1. The van der Waals surface area contributed by atoms with Crippen molar-refractivity contribution < 1.29 is 28.6 Å². The van der Waals surface area contributed by atoms with Gasteiger partial charge in [-0.25, -0.2) is 9.59 Å². The number of aromatic nitrogens is 1. The van der Waals surface area contributed by atoms with Crippen LogP contribution < -0.4 is 14.8 Å². The van der Waals surface area contributed by atoms with E-state index in [1.54, 1.807) is 73.7 Å². The fourth-order valence-corrected chi connectivity index (χ4v) is 4.76. The van der Waals surface area contributed by atoms with Gasteiger partial charge in [-0.05, 0) is 80.6 Å². The van der Waals surface area contributed by atoms with Crippen LogP contribution in [0.2, 0.25) is 5.02 Å². The molecule has 212 valence electrons. The van der Waals surface area contributed by atoms with Crippen LogP contribution in [0.15, 0.2) is 97.1 Å². The van der Waals surface area contributed by atoms with E-state index in [0.29, 0.717) is 27.4 Å². The molecule has 4 aromatic carbocycles. The Morgan fingerprint density at radius 2 is 1.52 bits per heavy atom. The van der Waals surface area contributed by atoms with Gasteiger partial charge in [0.2, 0.25) is 0 Å². The maximum absolute atomic E-state index is 13.3. The van der Waals surface area contributed by atoms with Crippen LogP contribution in [-0.4, -0.2) is 35.6 Å². The topological polar surface area (TPSA) is 95.9 Å². The summed E-state index contributed by atoms with van der Waals surface area (Å²) in [6, 6.07) is 27.9. The number of fused-ring (bicyclic) bond motifs is 1. The molecule has 0 aliphatic carbocycles. The van der Waals surface area contributed by atoms with Crippen molar-refractivity contribution in [2.24, 2.45) is 0 Å². The van der Waals surface area contributed by atoms with Crippen molar-refractivity contribution in [3.05, 3.63) is 119 Å². The first-order valence-corrected chi connectivity index (χ1v) is 13.6. The zero-order valence-corrected chi connectivity index (χ0v) is 23.7. The second-order valence-corrected chi connectivity index (χ2v) is 9.69. The molecule has 9 heteroatoms. The Morgan fingerprint density at radius 3 is 2.26 bits per heavy atom. The molecule has 5 aromatic rings. The van der Waals surface area contributed by atoms with Gasteiger partial charge in [-0.2, -0.15) is 0 Å². The largest absolute Gasteiger partial charge is 0.484 e. The number of ether oxygens (including phenoxy) is 3. The second-order valence-electron chi connectivity index (χ2n) is 9.26. The van der Waals surface area contributed by atoms with Crippen LogP contribution >= 0.6 is 11.6 Å². The summed E-state index contributed by atoms with van der Waals surface area (Å²) in [7, 11) is 0. The zero-order valence-electron chi connectivity index (χ0n) is 22.9. The molecule has 0 saturated heterocycles. The molecule has 0 aliphatic rings. The molecule has 0 spiro atoms. The molecule has 1 N–H and O–H groups in total. The molecule has 42 heavy (non-hydrogen) atoms. The number of carbonyl (C=O) groups is 3. The normalized spacial score (nSPS) is 10.7. The maximum Gasteiger partial charge on any atom is 0.345 e. The van der Waals surface area contributed by atoms with Gasteiger partial charge in [-0.3, -0.25) is 4.79 Å². The standard InChI is InChI=1S/C33H27ClN2O6/c1-3-40-33(39)31-21(2)36(23-9-5-4-6-10-23)29-18-17-25(19-27(29)31)42-32(38)26-11-7-8-12-28(26)35-30(37)20-41-24-15-13-22(34)14-16-24/h4-19H,3,20H2,1-2H3,(H,35,37). The smallest absolute Gasteiger partial charge is 0.345 e. The van der Waals surface area contributed by atoms with Gasteiger partial charge in [0.25, 0.3) is 5.91 Å². The number of halogens is 1. The number of anilines is 1. The number of rotatable bonds is 9. The number of nitrogens with one attached hydrogen (secondary N) is 1. The van der Waals surface area contributed by atoms with Gasteiger partial charge < -0.3 is 24.1 Å². The minimum absolute atomic E-state index is 0.154. The molecular weight excluding hydrogens is 556 g/mol. The number of carbonyl (C=O) groups excluding carboxylic acids is 3. The predicted octanol–water partition coefficient (Wildman–Crippen LogP) is 7.01. The van der Waals surface area contributed by atoms with E-state index in [9.17, 15) is 14.4 Å². The van der Waals surface area contributed by atoms with Crippen LogP contribution in [-0.2, 0) is 9.53 Å². The molecule has 1 heterocycles. The minimum Gasteiger partial charge on any atom is -0.484 e. The summed E-state index contributed by atoms with van der Waals surface area (Å²) in [5.74, 6) is -0.886. The van der Waals surface area contributed by atoms with Crippen LogP contribution in [0.25, 0.3) is 16.6 Å². The Bertz CT molecular complexity index is 1760. The molecule has 0 fully saturated rings. The monoisotopic (exact) mass is 582 g/mol. The van der Waals surface area contributed by atoms with Crippen molar-refractivity contribution in [1.82, 2.24) is 4.57 Å². The third kappa shape index (κ3) is 6.14. The number of esters is 2. The molecule has 1 aromatic heterocycles. The number of hydrogen-bond donors (Lipinski definition) is 1. The summed E-state index contributed by atoms with van der Waals surface area (Å²) in [6.45, 7) is 3.55. The molecule has 0 unspecified atom stereocenters. The van der Waals surface area contributed by atoms with Gasteiger partial charge in [0, 0.05) is 21.8 Å². The summed E-state index contributed by atoms with van der Waals surface area (Å²) < 4.78 is 18.5. The van der Waals surface area contributed by atoms with Gasteiger partial charge in [-0.15, -0.1) is 0 Å². The van der Waals surface area contributed by atoms with Crippen LogP contribution in [0.1, 0.15) is 33.3 Å². The first kappa shape index (κ1) is 28.4. The van der Waals surface area contributed by atoms with Crippen molar-refractivity contribution in [3.8, 4) is 17.2 Å². The minimum atomic E-state index is -0.680. The van der Waals surface area contributed by atoms with Crippen molar-refractivity contribution in [1.29, 1.82) is 0 Å². The number of amides is 1. The van der Waals surface area contributed by atoms with E-state index >= 15 is 0 Å². The van der Waals surface area contributed by atoms with Crippen molar-refractivity contribution in [3.63, 3.8) is 0 Å². The lowest BCUT2D eigenvalue weighted by atomic mass is 10.1. The van der Waals surface area contributed by atoms with Gasteiger partial charge in [0.05, 0.1) is 28.9 Å². The third-order valence-corrected chi connectivity index (χ3v) is 6.74. The highest BCUT2D eigenvalue weighted by molar-refractivity contribution is 6.30. The quantitative estimate of drug-likeness (QED) is 0.148. The molecule has 1 amide bonds. The molecule has 0 radical (unpaired) electrons. The van der Waals surface area contributed by atoms with Gasteiger partial charge in [0.1, 0.15) is 11.5 Å². The van der Waals surface area contributed by atoms with Crippen LogP contribution in [0.5, 0.6) is 11.5 Å². The molecule has 0 atom stereocenters. The fraction of sp³-hybridized carbons (Fsp3) is 0.121. The lowest BCUT2D eigenvalue weighted by Gasteiger charge is -2.12. The van der Waals surface area contributed by atoms with E-state index in [-0.39, 0.29) is 30.2 Å². The van der Waals surface area contributed by atoms with E-state index in [2.05, 4.69) is 5.32 Å². The summed E-state index contributed by atoms with van der Waals surface area (Å²) in [5.41, 5.74) is 3.15. The summed E-state index contributed by atoms with van der Waals surface area (Å²) in [4.78, 5) is 38.8. The third-order valence-electron chi connectivity index (χ3n) is 6.48. The highest BCUT2D eigenvalue weighted by Gasteiger charge is 2.23.